The minimum absolute atomic E-state index is 1.05. The molecule has 1 aliphatic heterocycles. The highest BCUT2D eigenvalue weighted by Crippen LogP contribution is 2.37. The molecule has 0 aromatic carbocycles. The molecule has 21 heavy (non-hydrogen) atoms. The van der Waals surface area contributed by atoms with Gasteiger partial charge in [-0.15, -0.1) is 11.3 Å². The maximum Gasteiger partial charge on any atom is 0.150 e. The molecule has 2 N–H and O–H groups in total. The number of piperazine rings is 1. The average molecular weight is 300 g/mol. The number of hydrogen-bond acceptors (Lipinski definition) is 5. The van der Waals surface area contributed by atoms with Gasteiger partial charge < -0.3 is 10.2 Å². The summed E-state index contributed by atoms with van der Waals surface area (Å²) in [5.74, 6) is 1.08. The van der Waals surface area contributed by atoms with Gasteiger partial charge in [0.2, 0.25) is 0 Å². The van der Waals surface area contributed by atoms with Crippen molar-refractivity contribution in [1.29, 1.82) is 0 Å². The molecule has 0 radical (unpaired) electrons. The third-order valence-electron chi connectivity index (χ3n) is 4.04. The second-order valence-electron chi connectivity index (χ2n) is 5.59. The van der Waals surface area contributed by atoms with Crippen LogP contribution >= 0.6 is 11.3 Å². The number of nitrogens with zero attached hydrogens (tertiary/aromatic N) is 4. The van der Waals surface area contributed by atoms with Crippen LogP contribution in [0.25, 0.3) is 20.4 Å². The van der Waals surface area contributed by atoms with Crippen LogP contribution in [0.4, 0.5) is 5.82 Å². The molecular formula is C15H18N5S+. The largest absolute Gasteiger partial charge is 0.344 e. The van der Waals surface area contributed by atoms with Gasteiger partial charge in [0.25, 0.3) is 0 Å². The van der Waals surface area contributed by atoms with E-state index in [1.165, 1.54) is 15.6 Å². The predicted molar refractivity (Wildman–Crippen MR) is 86.1 cm³/mol. The summed E-state index contributed by atoms with van der Waals surface area (Å²) in [6.45, 7) is 8.54. The van der Waals surface area contributed by atoms with Gasteiger partial charge in [0.1, 0.15) is 11.2 Å². The van der Waals surface area contributed by atoms with Crippen LogP contribution in [0, 0.1) is 13.8 Å². The Kier molecular flexibility index (Phi) is 3.01. The minimum atomic E-state index is 1.05. The van der Waals surface area contributed by atoms with Gasteiger partial charge in [0.15, 0.2) is 5.82 Å². The quantitative estimate of drug-likeness (QED) is 0.734. The van der Waals surface area contributed by atoms with Crippen molar-refractivity contribution in [3.63, 3.8) is 0 Å². The monoisotopic (exact) mass is 300 g/mol. The van der Waals surface area contributed by atoms with Crippen molar-refractivity contribution in [3.8, 4) is 0 Å². The van der Waals surface area contributed by atoms with Gasteiger partial charge in [-0.3, -0.25) is 0 Å². The second kappa shape index (κ2) is 4.89. The summed E-state index contributed by atoms with van der Waals surface area (Å²) in [6, 6.07) is 2.13. The standard InChI is InChI=1S/C15H17N5S/c1-9-7-10(2)19-15-11(9)12-13(21-15)14(18-8-17-12)20-5-3-16-4-6-20/h7-8,16H,3-6H2,1-2H3/p+1. The zero-order chi connectivity index (χ0) is 14.4. The maximum absolute atomic E-state index is 4.69. The van der Waals surface area contributed by atoms with Crippen molar-refractivity contribution in [2.45, 2.75) is 13.8 Å². The van der Waals surface area contributed by atoms with Crippen LogP contribution in [0.2, 0.25) is 0 Å². The molecule has 0 amide bonds. The fraction of sp³-hybridized carbons (Fsp3) is 0.400. The Hall–Kier alpha value is -1.79. The Labute approximate surface area is 127 Å². The molecule has 4 rings (SSSR count). The number of nitrogens with two attached hydrogens (primary N) is 1. The minimum Gasteiger partial charge on any atom is -0.344 e. The number of fused-ring (bicyclic) bond motifs is 3. The van der Waals surface area contributed by atoms with Gasteiger partial charge in [0.05, 0.1) is 36.4 Å². The number of thiophene rings is 1. The first-order valence-corrected chi connectivity index (χ1v) is 8.14. The summed E-state index contributed by atoms with van der Waals surface area (Å²) >= 11 is 1.72. The Morgan fingerprint density at radius 2 is 2.00 bits per heavy atom. The third kappa shape index (κ3) is 2.06. The van der Waals surface area contributed by atoms with E-state index in [0.29, 0.717) is 0 Å². The Balaban J connectivity index is 1.99. The highest BCUT2D eigenvalue weighted by atomic mass is 32.1. The lowest BCUT2D eigenvalue weighted by Crippen LogP contribution is -2.89. The lowest BCUT2D eigenvalue weighted by Gasteiger charge is -2.26. The highest BCUT2D eigenvalue weighted by Gasteiger charge is 2.20. The number of hydrogen-bond donors (Lipinski definition) is 1. The van der Waals surface area contributed by atoms with Gasteiger partial charge in [-0.05, 0) is 25.5 Å². The summed E-state index contributed by atoms with van der Waals surface area (Å²) in [4.78, 5) is 17.2. The first-order valence-electron chi connectivity index (χ1n) is 7.32. The molecule has 6 heteroatoms. The Morgan fingerprint density at radius 1 is 1.19 bits per heavy atom. The van der Waals surface area contributed by atoms with Crippen molar-refractivity contribution in [3.05, 3.63) is 23.7 Å². The van der Waals surface area contributed by atoms with Gasteiger partial charge in [-0.1, -0.05) is 0 Å². The third-order valence-corrected chi connectivity index (χ3v) is 5.11. The molecule has 3 aromatic heterocycles. The van der Waals surface area contributed by atoms with Crippen LogP contribution in [0.3, 0.4) is 0 Å². The van der Waals surface area contributed by atoms with E-state index >= 15 is 0 Å². The van der Waals surface area contributed by atoms with Crippen molar-refractivity contribution in [1.82, 2.24) is 15.0 Å². The number of aryl methyl sites for hydroxylation is 2. The van der Waals surface area contributed by atoms with E-state index in [9.17, 15) is 0 Å². The van der Waals surface area contributed by atoms with Gasteiger partial charge in [0, 0.05) is 11.1 Å². The molecule has 0 bridgehead atoms. The average Bonchev–Trinajstić information content (AvgIpc) is 2.86. The number of pyridine rings is 1. The van der Waals surface area contributed by atoms with Gasteiger partial charge >= 0.3 is 0 Å². The molecule has 0 atom stereocenters. The molecule has 1 fully saturated rings. The van der Waals surface area contributed by atoms with Crippen molar-refractivity contribution in [2.75, 3.05) is 31.1 Å². The molecule has 1 saturated heterocycles. The van der Waals surface area contributed by atoms with E-state index in [-0.39, 0.29) is 0 Å². The summed E-state index contributed by atoms with van der Waals surface area (Å²) in [7, 11) is 0. The molecule has 1 aliphatic rings. The molecule has 4 heterocycles. The number of quaternary nitrogens is 1. The van der Waals surface area contributed by atoms with E-state index < -0.39 is 0 Å². The van der Waals surface area contributed by atoms with Crippen LogP contribution in [-0.2, 0) is 0 Å². The first-order chi connectivity index (χ1) is 10.2. The number of rotatable bonds is 1. The van der Waals surface area contributed by atoms with Crippen LogP contribution in [0.5, 0.6) is 0 Å². The molecule has 0 spiro atoms. The van der Waals surface area contributed by atoms with Crippen LogP contribution in [0.1, 0.15) is 11.3 Å². The van der Waals surface area contributed by atoms with Crippen LogP contribution in [0.15, 0.2) is 12.4 Å². The molecule has 0 saturated carbocycles. The number of aromatic nitrogens is 3. The summed E-state index contributed by atoms with van der Waals surface area (Å²) in [6.07, 6.45) is 1.70. The van der Waals surface area contributed by atoms with E-state index in [1.54, 1.807) is 17.7 Å². The lowest BCUT2D eigenvalue weighted by molar-refractivity contribution is -0.655. The Morgan fingerprint density at radius 3 is 2.81 bits per heavy atom. The van der Waals surface area contributed by atoms with Gasteiger partial charge in [-0.25, -0.2) is 15.0 Å². The smallest absolute Gasteiger partial charge is 0.150 e. The fourth-order valence-corrected chi connectivity index (χ4v) is 4.35. The van der Waals surface area contributed by atoms with E-state index in [2.05, 4.69) is 38.2 Å². The normalized spacial score (nSPS) is 16.0. The van der Waals surface area contributed by atoms with Crippen molar-refractivity contribution >= 4 is 37.6 Å². The van der Waals surface area contributed by atoms with Crippen LogP contribution < -0.4 is 10.2 Å². The summed E-state index contributed by atoms with van der Waals surface area (Å²) in [5, 5.41) is 3.54. The predicted octanol–water partition coefficient (Wildman–Crippen LogP) is 1.24. The zero-order valence-electron chi connectivity index (χ0n) is 12.3. The van der Waals surface area contributed by atoms with E-state index in [0.717, 1.165) is 48.0 Å². The SMILES string of the molecule is Cc1cc(C)c2c(n1)sc1c(N3CC[NH2+]CC3)ncnc12. The maximum atomic E-state index is 4.69. The molecule has 0 unspecified atom stereocenters. The topological polar surface area (TPSA) is 58.5 Å². The summed E-state index contributed by atoms with van der Waals surface area (Å²) in [5.41, 5.74) is 3.37. The van der Waals surface area contributed by atoms with Crippen molar-refractivity contribution in [2.24, 2.45) is 0 Å². The Bertz CT molecular complexity index is 820. The molecule has 0 aliphatic carbocycles. The lowest BCUT2D eigenvalue weighted by atomic mass is 10.1. The van der Waals surface area contributed by atoms with E-state index in [4.69, 9.17) is 0 Å². The fourth-order valence-electron chi connectivity index (χ4n) is 3.09. The molecular weight excluding hydrogens is 282 g/mol. The molecule has 5 nitrogen and oxygen atoms in total. The number of anilines is 1. The first kappa shape index (κ1) is 12.9. The molecule has 3 aromatic rings. The zero-order valence-corrected chi connectivity index (χ0v) is 13.1. The second-order valence-corrected chi connectivity index (χ2v) is 6.59. The van der Waals surface area contributed by atoms with Gasteiger partial charge in [-0.2, -0.15) is 0 Å². The highest BCUT2D eigenvalue weighted by molar-refractivity contribution is 7.26. The summed E-state index contributed by atoms with van der Waals surface area (Å²) < 4.78 is 1.18. The van der Waals surface area contributed by atoms with Crippen LogP contribution in [-0.4, -0.2) is 41.1 Å². The van der Waals surface area contributed by atoms with Crippen molar-refractivity contribution < 1.29 is 5.32 Å². The van der Waals surface area contributed by atoms with E-state index in [1.807, 2.05) is 6.92 Å². The molecule has 108 valence electrons.